The number of nitrogens with one attached hydrogen (secondary N) is 1. The number of fused-ring (bicyclic) bond motifs is 1. The number of aromatic nitrogens is 2. The van der Waals surface area contributed by atoms with E-state index in [1.54, 1.807) is 4.68 Å². The summed E-state index contributed by atoms with van der Waals surface area (Å²) >= 11 is 0. The van der Waals surface area contributed by atoms with Crippen LogP contribution in [0.15, 0.2) is 24.4 Å². The predicted molar refractivity (Wildman–Crippen MR) is 88.0 cm³/mol. The van der Waals surface area contributed by atoms with Gasteiger partial charge in [0, 0.05) is 11.9 Å². The molecule has 1 N–H and O–H groups in total. The van der Waals surface area contributed by atoms with Crippen LogP contribution in [0.25, 0.3) is 0 Å². The first kappa shape index (κ1) is 14.8. The van der Waals surface area contributed by atoms with Gasteiger partial charge in [-0.3, -0.25) is 9.48 Å². The highest BCUT2D eigenvalue weighted by Crippen LogP contribution is 2.19. The molecule has 1 aliphatic carbocycles. The van der Waals surface area contributed by atoms with Crippen molar-refractivity contribution in [1.29, 1.82) is 0 Å². The molecule has 0 spiro atoms. The Morgan fingerprint density at radius 3 is 2.86 bits per heavy atom. The van der Waals surface area contributed by atoms with Gasteiger partial charge >= 0.3 is 0 Å². The summed E-state index contributed by atoms with van der Waals surface area (Å²) in [7, 11) is 0. The monoisotopic (exact) mass is 297 g/mol. The van der Waals surface area contributed by atoms with Gasteiger partial charge in [-0.2, -0.15) is 5.10 Å². The molecule has 4 nitrogen and oxygen atoms in total. The molecule has 3 rings (SSSR count). The Morgan fingerprint density at radius 2 is 2.05 bits per heavy atom. The quantitative estimate of drug-likeness (QED) is 0.883. The standard InChI is InChI=1S/C18H23N3O/c1-13-8-9-16(14(2)10-13)19-18(22)12-21-11-15-6-4-3-5-7-17(15)20-21/h8-11H,3-7,12H2,1-2H3,(H,19,22). The maximum absolute atomic E-state index is 12.2. The zero-order valence-electron chi connectivity index (χ0n) is 13.4. The van der Waals surface area contributed by atoms with Crippen LogP contribution in [-0.2, 0) is 24.2 Å². The molecule has 4 heteroatoms. The van der Waals surface area contributed by atoms with E-state index < -0.39 is 0 Å². The lowest BCUT2D eigenvalue weighted by Crippen LogP contribution is -2.19. The Hall–Kier alpha value is -2.10. The van der Waals surface area contributed by atoms with Crippen LogP contribution in [0.3, 0.4) is 0 Å². The number of nitrogens with zero attached hydrogens (tertiary/aromatic N) is 2. The minimum absolute atomic E-state index is 0.0235. The fraction of sp³-hybridized carbons (Fsp3) is 0.444. The van der Waals surface area contributed by atoms with E-state index in [1.807, 2.05) is 25.3 Å². The minimum Gasteiger partial charge on any atom is -0.324 e. The molecular weight excluding hydrogens is 274 g/mol. The molecular formula is C18H23N3O. The van der Waals surface area contributed by atoms with Gasteiger partial charge in [-0.25, -0.2) is 0 Å². The average Bonchev–Trinajstić information content (AvgIpc) is 2.70. The molecule has 0 aliphatic heterocycles. The lowest BCUT2D eigenvalue weighted by molar-refractivity contribution is -0.116. The zero-order valence-corrected chi connectivity index (χ0v) is 13.4. The van der Waals surface area contributed by atoms with E-state index in [-0.39, 0.29) is 12.5 Å². The number of hydrogen-bond acceptors (Lipinski definition) is 2. The van der Waals surface area contributed by atoms with Gasteiger partial charge in [0.05, 0.1) is 5.69 Å². The van der Waals surface area contributed by atoms with Gasteiger partial charge < -0.3 is 5.32 Å². The third kappa shape index (κ3) is 3.38. The van der Waals surface area contributed by atoms with Crippen molar-refractivity contribution in [2.75, 3.05) is 5.32 Å². The summed E-state index contributed by atoms with van der Waals surface area (Å²) in [6.07, 6.45) is 7.90. The van der Waals surface area contributed by atoms with Gasteiger partial charge in [0.2, 0.25) is 5.91 Å². The van der Waals surface area contributed by atoms with E-state index in [1.165, 1.54) is 36.1 Å². The molecule has 1 heterocycles. The van der Waals surface area contributed by atoms with Gasteiger partial charge in [0.15, 0.2) is 0 Å². The van der Waals surface area contributed by atoms with Crippen LogP contribution in [0.2, 0.25) is 0 Å². The van der Waals surface area contributed by atoms with Crippen molar-refractivity contribution in [2.24, 2.45) is 0 Å². The van der Waals surface area contributed by atoms with Crippen LogP contribution >= 0.6 is 0 Å². The molecule has 0 saturated heterocycles. The number of hydrogen-bond donors (Lipinski definition) is 1. The predicted octanol–water partition coefficient (Wildman–Crippen LogP) is 3.41. The van der Waals surface area contributed by atoms with Gasteiger partial charge in [0.25, 0.3) is 0 Å². The van der Waals surface area contributed by atoms with Crippen molar-refractivity contribution in [1.82, 2.24) is 9.78 Å². The molecule has 1 aromatic carbocycles. The molecule has 1 amide bonds. The van der Waals surface area contributed by atoms with Gasteiger partial charge in [-0.1, -0.05) is 24.1 Å². The summed E-state index contributed by atoms with van der Waals surface area (Å²) in [5.41, 5.74) is 5.66. The fourth-order valence-electron chi connectivity index (χ4n) is 3.08. The summed E-state index contributed by atoms with van der Waals surface area (Å²) in [6, 6.07) is 6.05. The molecule has 0 radical (unpaired) electrons. The van der Waals surface area contributed by atoms with Crippen molar-refractivity contribution in [2.45, 2.75) is 52.5 Å². The third-order valence-electron chi connectivity index (χ3n) is 4.25. The van der Waals surface area contributed by atoms with Crippen molar-refractivity contribution in [3.05, 3.63) is 46.8 Å². The second-order valence-electron chi connectivity index (χ2n) is 6.23. The summed E-state index contributed by atoms with van der Waals surface area (Å²) in [4.78, 5) is 12.2. The molecule has 116 valence electrons. The largest absolute Gasteiger partial charge is 0.324 e. The summed E-state index contributed by atoms with van der Waals surface area (Å²) in [6.45, 7) is 4.34. The third-order valence-corrected chi connectivity index (χ3v) is 4.25. The van der Waals surface area contributed by atoms with Crippen molar-refractivity contribution < 1.29 is 4.79 Å². The Morgan fingerprint density at radius 1 is 1.23 bits per heavy atom. The molecule has 1 aliphatic rings. The van der Waals surface area contributed by atoms with E-state index >= 15 is 0 Å². The Bertz CT molecular complexity index is 664. The van der Waals surface area contributed by atoms with Crippen LogP contribution in [0.5, 0.6) is 0 Å². The fourth-order valence-corrected chi connectivity index (χ4v) is 3.08. The molecule has 0 saturated carbocycles. The molecule has 0 atom stereocenters. The first-order valence-electron chi connectivity index (χ1n) is 8.04. The molecule has 0 fully saturated rings. The lowest BCUT2D eigenvalue weighted by atomic mass is 10.1. The second-order valence-corrected chi connectivity index (χ2v) is 6.23. The SMILES string of the molecule is Cc1ccc(NC(=O)Cn2cc3c(n2)CCCCC3)c(C)c1. The topological polar surface area (TPSA) is 46.9 Å². The first-order chi connectivity index (χ1) is 10.6. The Labute approximate surface area is 131 Å². The summed E-state index contributed by atoms with van der Waals surface area (Å²) < 4.78 is 1.79. The van der Waals surface area contributed by atoms with E-state index in [0.29, 0.717) is 0 Å². The molecule has 0 bridgehead atoms. The van der Waals surface area contributed by atoms with E-state index in [9.17, 15) is 4.79 Å². The summed E-state index contributed by atoms with van der Waals surface area (Å²) in [5, 5.41) is 7.56. The minimum atomic E-state index is -0.0235. The van der Waals surface area contributed by atoms with Crippen molar-refractivity contribution in [3.63, 3.8) is 0 Å². The second kappa shape index (κ2) is 6.34. The van der Waals surface area contributed by atoms with Crippen LogP contribution in [0, 0.1) is 13.8 Å². The average molecular weight is 297 g/mol. The van der Waals surface area contributed by atoms with Gasteiger partial charge in [0.1, 0.15) is 6.54 Å². The smallest absolute Gasteiger partial charge is 0.246 e. The molecule has 1 aromatic heterocycles. The number of anilines is 1. The normalized spacial score (nSPS) is 14.3. The number of rotatable bonds is 3. The van der Waals surface area contributed by atoms with Gasteiger partial charge in [-0.05, 0) is 56.7 Å². The number of amides is 1. The summed E-state index contributed by atoms with van der Waals surface area (Å²) in [5.74, 6) is -0.0235. The highest BCUT2D eigenvalue weighted by atomic mass is 16.2. The number of benzene rings is 1. The lowest BCUT2D eigenvalue weighted by Gasteiger charge is -2.09. The Kier molecular flexibility index (Phi) is 4.27. The van der Waals surface area contributed by atoms with E-state index in [0.717, 1.165) is 24.1 Å². The maximum Gasteiger partial charge on any atom is 0.246 e. The van der Waals surface area contributed by atoms with Crippen LogP contribution in [0.1, 0.15) is 41.6 Å². The number of aryl methyl sites for hydroxylation is 4. The van der Waals surface area contributed by atoms with Crippen LogP contribution < -0.4 is 5.32 Å². The molecule has 0 unspecified atom stereocenters. The maximum atomic E-state index is 12.2. The highest BCUT2D eigenvalue weighted by Gasteiger charge is 2.14. The van der Waals surface area contributed by atoms with E-state index in [2.05, 4.69) is 23.4 Å². The van der Waals surface area contributed by atoms with Crippen LogP contribution in [0.4, 0.5) is 5.69 Å². The van der Waals surface area contributed by atoms with Crippen molar-refractivity contribution >= 4 is 11.6 Å². The van der Waals surface area contributed by atoms with Crippen LogP contribution in [-0.4, -0.2) is 15.7 Å². The zero-order chi connectivity index (χ0) is 15.5. The molecule has 2 aromatic rings. The van der Waals surface area contributed by atoms with Crippen molar-refractivity contribution in [3.8, 4) is 0 Å². The highest BCUT2D eigenvalue weighted by molar-refractivity contribution is 5.91. The Balaban J connectivity index is 1.67. The number of carbonyl (C=O) groups excluding carboxylic acids is 1. The number of carbonyl (C=O) groups is 1. The van der Waals surface area contributed by atoms with E-state index in [4.69, 9.17) is 0 Å². The van der Waals surface area contributed by atoms with Gasteiger partial charge in [-0.15, -0.1) is 0 Å². The first-order valence-corrected chi connectivity index (χ1v) is 8.04. The molecule has 22 heavy (non-hydrogen) atoms.